The molecule has 112 valence electrons. The van der Waals surface area contributed by atoms with Crippen molar-refractivity contribution in [3.63, 3.8) is 0 Å². The van der Waals surface area contributed by atoms with Crippen LogP contribution in [0.4, 0.5) is 13.2 Å². The number of piperidine rings is 1. The van der Waals surface area contributed by atoms with Crippen molar-refractivity contribution in [2.24, 2.45) is 5.92 Å². The van der Waals surface area contributed by atoms with Crippen LogP contribution < -0.4 is 5.32 Å². The Kier molecular flexibility index (Phi) is 6.06. The molecule has 0 spiro atoms. The Bertz CT molecular complexity index is 297. The lowest BCUT2D eigenvalue weighted by Crippen LogP contribution is -2.51. The third-order valence-electron chi connectivity index (χ3n) is 3.21. The predicted octanol–water partition coefficient (Wildman–Crippen LogP) is 1.71. The van der Waals surface area contributed by atoms with Crippen LogP contribution in [0.2, 0.25) is 0 Å². The van der Waals surface area contributed by atoms with Crippen LogP contribution in [0.1, 0.15) is 26.2 Å². The fourth-order valence-electron chi connectivity index (χ4n) is 2.60. The summed E-state index contributed by atoms with van der Waals surface area (Å²) >= 11 is 0. The van der Waals surface area contributed by atoms with E-state index in [1.807, 2.05) is 11.8 Å². The maximum atomic E-state index is 12.2. The number of rotatable bonds is 6. The Morgan fingerprint density at radius 1 is 1.42 bits per heavy atom. The van der Waals surface area contributed by atoms with Gasteiger partial charge in [-0.05, 0) is 25.3 Å². The summed E-state index contributed by atoms with van der Waals surface area (Å²) in [5, 5.41) is 11.3. The molecule has 0 amide bonds. The second kappa shape index (κ2) is 7.09. The van der Waals surface area contributed by atoms with E-state index < -0.39 is 18.7 Å². The number of aliphatic carboxylic acids is 1. The number of hydrogen-bond donors (Lipinski definition) is 2. The molecule has 0 saturated carbocycles. The van der Waals surface area contributed by atoms with E-state index >= 15 is 0 Å². The van der Waals surface area contributed by atoms with Crippen LogP contribution in [0.15, 0.2) is 0 Å². The zero-order valence-corrected chi connectivity index (χ0v) is 11.0. The van der Waals surface area contributed by atoms with Crippen LogP contribution in [-0.4, -0.2) is 54.4 Å². The van der Waals surface area contributed by atoms with E-state index in [0.29, 0.717) is 19.5 Å². The first-order valence-electron chi connectivity index (χ1n) is 6.54. The Morgan fingerprint density at radius 2 is 2.11 bits per heavy atom. The van der Waals surface area contributed by atoms with Crippen molar-refractivity contribution in [1.82, 2.24) is 10.2 Å². The molecule has 1 aliphatic heterocycles. The molecule has 2 atom stereocenters. The van der Waals surface area contributed by atoms with Crippen LogP contribution in [-0.2, 0) is 4.79 Å². The van der Waals surface area contributed by atoms with Gasteiger partial charge in [0, 0.05) is 25.6 Å². The minimum atomic E-state index is -4.23. The first kappa shape index (κ1) is 16.2. The van der Waals surface area contributed by atoms with Crippen molar-refractivity contribution in [3.05, 3.63) is 0 Å². The van der Waals surface area contributed by atoms with Gasteiger partial charge in [0.1, 0.15) is 0 Å². The fourth-order valence-corrected chi connectivity index (χ4v) is 2.60. The summed E-state index contributed by atoms with van der Waals surface area (Å²) in [4.78, 5) is 12.8. The molecule has 19 heavy (non-hydrogen) atoms. The predicted molar refractivity (Wildman–Crippen MR) is 64.9 cm³/mol. The number of alkyl halides is 3. The Labute approximate surface area is 111 Å². The van der Waals surface area contributed by atoms with Crippen LogP contribution >= 0.6 is 0 Å². The second-order valence-electron chi connectivity index (χ2n) is 5.15. The Morgan fingerprint density at radius 3 is 2.63 bits per heavy atom. The maximum Gasteiger partial charge on any atom is 0.401 e. The molecule has 1 saturated heterocycles. The molecule has 7 heteroatoms. The number of nitrogens with one attached hydrogen (secondary N) is 1. The molecule has 0 aromatic carbocycles. The van der Waals surface area contributed by atoms with E-state index in [9.17, 15) is 18.0 Å². The molecule has 0 aromatic rings. The van der Waals surface area contributed by atoms with Gasteiger partial charge in [-0.15, -0.1) is 0 Å². The van der Waals surface area contributed by atoms with E-state index in [2.05, 4.69) is 5.32 Å². The highest BCUT2D eigenvalue weighted by Gasteiger charge is 2.32. The monoisotopic (exact) mass is 282 g/mol. The summed E-state index contributed by atoms with van der Waals surface area (Å²) < 4.78 is 36.6. The van der Waals surface area contributed by atoms with Crippen molar-refractivity contribution in [3.8, 4) is 0 Å². The molecule has 1 fully saturated rings. The van der Waals surface area contributed by atoms with Crippen molar-refractivity contribution in [2.75, 3.05) is 26.2 Å². The summed E-state index contributed by atoms with van der Waals surface area (Å²) in [5.74, 6) is -0.971. The van der Waals surface area contributed by atoms with Crippen LogP contribution in [0.25, 0.3) is 0 Å². The largest absolute Gasteiger partial charge is 0.481 e. The number of hydrogen-bond acceptors (Lipinski definition) is 3. The summed E-state index contributed by atoms with van der Waals surface area (Å²) in [6, 6.07) is -0.286. The minimum absolute atomic E-state index is 0.0183. The van der Waals surface area contributed by atoms with E-state index in [1.165, 1.54) is 0 Å². The van der Waals surface area contributed by atoms with Crippen molar-refractivity contribution >= 4 is 5.97 Å². The number of carboxylic acid groups (broad SMARTS) is 1. The van der Waals surface area contributed by atoms with Crippen LogP contribution in [0.5, 0.6) is 0 Å². The van der Waals surface area contributed by atoms with Gasteiger partial charge >= 0.3 is 12.1 Å². The third kappa shape index (κ3) is 6.77. The average Bonchev–Trinajstić information content (AvgIpc) is 2.24. The highest BCUT2D eigenvalue weighted by molar-refractivity contribution is 5.67. The van der Waals surface area contributed by atoms with Gasteiger partial charge in [-0.1, -0.05) is 6.92 Å². The van der Waals surface area contributed by atoms with E-state index in [-0.39, 0.29) is 18.4 Å². The lowest BCUT2D eigenvalue weighted by atomic mass is 9.91. The topological polar surface area (TPSA) is 52.6 Å². The molecule has 4 nitrogen and oxygen atoms in total. The third-order valence-corrected chi connectivity index (χ3v) is 3.21. The van der Waals surface area contributed by atoms with Gasteiger partial charge in [-0.3, -0.25) is 4.79 Å². The average molecular weight is 282 g/mol. The lowest BCUT2D eigenvalue weighted by Gasteiger charge is -2.37. The molecule has 1 aliphatic rings. The van der Waals surface area contributed by atoms with E-state index in [0.717, 1.165) is 13.0 Å². The first-order chi connectivity index (χ1) is 8.80. The number of nitrogens with zero attached hydrogens (tertiary/aromatic N) is 1. The SMILES string of the molecule is CCCN1CC(CC(=O)O)CC(NCC(F)(F)F)C1. The number of halogens is 3. The number of likely N-dealkylation sites (tertiary alicyclic amines) is 1. The number of carbonyl (C=O) groups is 1. The molecular weight excluding hydrogens is 261 g/mol. The molecule has 1 rings (SSSR count). The van der Waals surface area contributed by atoms with Gasteiger partial charge in [0.25, 0.3) is 0 Å². The van der Waals surface area contributed by atoms with Crippen molar-refractivity contribution in [1.29, 1.82) is 0 Å². The van der Waals surface area contributed by atoms with Gasteiger partial charge in [0.2, 0.25) is 0 Å². The molecule has 0 aromatic heterocycles. The molecule has 0 bridgehead atoms. The second-order valence-corrected chi connectivity index (χ2v) is 5.15. The van der Waals surface area contributed by atoms with E-state index in [4.69, 9.17) is 5.11 Å². The molecular formula is C12H21F3N2O2. The maximum absolute atomic E-state index is 12.2. The Balaban J connectivity index is 2.51. The van der Waals surface area contributed by atoms with Crippen molar-refractivity contribution < 1.29 is 23.1 Å². The summed E-state index contributed by atoms with van der Waals surface area (Å²) in [7, 11) is 0. The highest BCUT2D eigenvalue weighted by atomic mass is 19.4. The number of carboxylic acids is 1. The first-order valence-corrected chi connectivity index (χ1v) is 6.54. The van der Waals surface area contributed by atoms with Gasteiger partial charge in [0.05, 0.1) is 6.54 Å². The van der Waals surface area contributed by atoms with Gasteiger partial charge in [-0.25, -0.2) is 0 Å². The summed E-state index contributed by atoms with van der Waals surface area (Å²) in [6.45, 7) is 2.99. The summed E-state index contributed by atoms with van der Waals surface area (Å²) in [5.41, 5.74) is 0. The van der Waals surface area contributed by atoms with Gasteiger partial charge < -0.3 is 15.3 Å². The van der Waals surface area contributed by atoms with Gasteiger partial charge in [0.15, 0.2) is 0 Å². The molecule has 2 N–H and O–H groups in total. The van der Waals surface area contributed by atoms with Crippen LogP contribution in [0.3, 0.4) is 0 Å². The molecule has 0 aliphatic carbocycles. The quantitative estimate of drug-likeness (QED) is 0.779. The highest BCUT2D eigenvalue weighted by Crippen LogP contribution is 2.21. The van der Waals surface area contributed by atoms with Crippen molar-refractivity contribution in [2.45, 2.75) is 38.4 Å². The smallest absolute Gasteiger partial charge is 0.401 e. The van der Waals surface area contributed by atoms with Crippen LogP contribution in [0, 0.1) is 5.92 Å². The fraction of sp³-hybridized carbons (Fsp3) is 0.917. The summed E-state index contributed by atoms with van der Waals surface area (Å²) in [6.07, 6.45) is -2.81. The molecule has 2 unspecified atom stereocenters. The van der Waals surface area contributed by atoms with Gasteiger partial charge in [-0.2, -0.15) is 13.2 Å². The normalized spacial score (nSPS) is 25.5. The lowest BCUT2D eigenvalue weighted by molar-refractivity contribution is -0.139. The molecule has 1 heterocycles. The Hall–Kier alpha value is -0.820. The molecule has 0 radical (unpaired) electrons. The minimum Gasteiger partial charge on any atom is -0.481 e. The van der Waals surface area contributed by atoms with E-state index in [1.54, 1.807) is 0 Å². The zero-order chi connectivity index (χ0) is 14.5. The standard InChI is InChI=1S/C12H21F3N2O2/c1-2-3-17-6-9(5-11(18)19)4-10(7-17)16-8-12(13,14)15/h9-10,16H,2-8H2,1H3,(H,18,19). The zero-order valence-electron chi connectivity index (χ0n) is 11.0.